The molecule has 0 radical (unpaired) electrons. The number of ether oxygens (including phenoxy) is 2. The first kappa shape index (κ1) is 31.1. The predicted molar refractivity (Wildman–Crippen MR) is 150 cm³/mol. The van der Waals surface area contributed by atoms with Crippen molar-refractivity contribution < 1.29 is 37.2 Å². The second-order valence-electron chi connectivity index (χ2n) is 10.0. The highest BCUT2D eigenvalue weighted by atomic mass is 32.5. The van der Waals surface area contributed by atoms with E-state index in [0.717, 1.165) is 6.92 Å². The van der Waals surface area contributed by atoms with Crippen molar-refractivity contribution in [1.29, 1.82) is 0 Å². The lowest BCUT2D eigenvalue weighted by atomic mass is 9.97. The summed E-state index contributed by atoms with van der Waals surface area (Å²) < 4.78 is 55.8. The van der Waals surface area contributed by atoms with Crippen LogP contribution in [0.25, 0.3) is 11.2 Å². The zero-order valence-corrected chi connectivity index (χ0v) is 25.1. The van der Waals surface area contributed by atoms with Crippen LogP contribution in [0.15, 0.2) is 36.7 Å². The summed E-state index contributed by atoms with van der Waals surface area (Å²) in [5.74, 6) is -2.69. The number of carbonyl (C=O) groups is 1. The number of esters is 1. The van der Waals surface area contributed by atoms with Gasteiger partial charge in [0.15, 0.2) is 35.0 Å². The van der Waals surface area contributed by atoms with Gasteiger partial charge in [0.05, 0.1) is 12.4 Å². The summed E-state index contributed by atoms with van der Waals surface area (Å²) in [6.07, 6.45) is -3.16. The zero-order chi connectivity index (χ0) is 30.2. The number of imidazole rings is 1. The largest absolute Gasteiger partial charge is 0.462 e. The molecular formula is C25H33F2N6O6PS. The summed E-state index contributed by atoms with van der Waals surface area (Å²) in [6.45, 7) is 2.74. The minimum absolute atomic E-state index is 0.171. The van der Waals surface area contributed by atoms with Crippen molar-refractivity contribution in [3.8, 4) is 5.75 Å². The Morgan fingerprint density at radius 1 is 1.27 bits per heavy atom. The molecule has 1 aromatic carbocycles. The Balaban J connectivity index is 1.61. The van der Waals surface area contributed by atoms with Gasteiger partial charge in [-0.05, 0) is 58.6 Å². The molecule has 0 saturated carbocycles. The molecule has 0 unspecified atom stereocenters. The third-order valence-corrected chi connectivity index (χ3v) is 8.69. The molecule has 1 fully saturated rings. The molecule has 0 aliphatic carbocycles. The number of aryl methyl sites for hydroxylation is 1. The standard InChI is InChI=1S/C25H33F2N6O6PS/c1-14(2)37-21(34)15(3)32-40(41,39-17-10-8-7-9-11-17)36-12-25(27)22(35)24(5,26)23(38-25)33-13-29-18-19(28-6)30-16(4)31-20(18)33/h7-11,13-15,22-23,35H,12H2,1-6H3,(H,32,41)(H,28,30,31)/t15-,22+,23-,24-,25-,40-/m1/s1. The lowest BCUT2D eigenvalue weighted by Crippen LogP contribution is -2.47. The van der Waals surface area contributed by atoms with Crippen LogP contribution in [0, 0.1) is 6.92 Å². The normalized spacial score (nSPS) is 26.6. The number of nitrogens with zero attached hydrogens (tertiary/aromatic N) is 4. The van der Waals surface area contributed by atoms with Crippen molar-refractivity contribution in [2.75, 3.05) is 19.0 Å². The highest BCUT2D eigenvalue weighted by Crippen LogP contribution is 2.52. The number of alkyl halides is 2. The minimum Gasteiger partial charge on any atom is -0.462 e. The third kappa shape index (κ3) is 6.50. The van der Waals surface area contributed by atoms with E-state index >= 15 is 8.78 Å². The van der Waals surface area contributed by atoms with Crippen LogP contribution in [-0.2, 0) is 30.6 Å². The molecule has 224 valence electrons. The predicted octanol–water partition coefficient (Wildman–Crippen LogP) is 3.71. The molecule has 0 spiro atoms. The highest BCUT2D eigenvalue weighted by Gasteiger charge is 2.65. The molecule has 2 aromatic heterocycles. The van der Waals surface area contributed by atoms with Crippen LogP contribution in [0.4, 0.5) is 14.6 Å². The summed E-state index contributed by atoms with van der Waals surface area (Å²) >= 11 is 5.60. The summed E-state index contributed by atoms with van der Waals surface area (Å²) in [5.41, 5.74) is -2.18. The maximum absolute atomic E-state index is 16.3. The maximum atomic E-state index is 16.3. The number of benzene rings is 1. The lowest BCUT2D eigenvalue weighted by Gasteiger charge is -2.30. The average molecular weight is 615 g/mol. The third-order valence-electron chi connectivity index (χ3n) is 6.21. The van der Waals surface area contributed by atoms with Crippen molar-refractivity contribution in [3.63, 3.8) is 0 Å². The number of para-hydroxylation sites is 1. The van der Waals surface area contributed by atoms with Crippen molar-refractivity contribution >= 4 is 41.4 Å². The molecule has 16 heteroatoms. The lowest BCUT2D eigenvalue weighted by molar-refractivity contribution is -0.202. The number of aliphatic hydroxyl groups is 1. The minimum atomic E-state index is -3.71. The van der Waals surface area contributed by atoms with Gasteiger partial charge >= 0.3 is 12.6 Å². The maximum Gasteiger partial charge on any atom is 0.323 e. The summed E-state index contributed by atoms with van der Waals surface area (Å²) in [6, 6.07) is 7.31. The molecular weight excluding hydrogens is 581 g/mol. The molecule has 1 saturated heterocycles. The van der Waals surface area contributed by atoms with Gasteiger partial charge in [-0.3, -0.25) is 9.36 Å². The molecule has 3 aromatic rings. The fourth-order valence-electron chi connectivity index (χ4n) is 4.24. The number of aromatic nitrogens is 4. The Morgan fingerprint density at radius 3 is 2.59 bits per heavy atom. The molecule has 6 atom stereocenters. The number of fused-ring (bicyclic) bond motifs is 1. The first-order chi connectivity index (χ1) is 19.2. The number of anilines is 1. The first-order valence-corrected chi connectivity index (χ1v) is 15.4. The first-order valence-electron chi connectivity index (χ1n) is 12.8. The van der Waals surface area contributed by atoms with Gasteiger partial charge in [-0.1, -0.05) is 18.2 Å². The second-order valence-corrected chi connectivity index (χ2v) is 13.2. The smallest absolute Gasteiger partial charge is 0.323 e. The number of carbonyl (C=O) groups excluding carboxylic acids is 1. The zero-order valence-electron chi connectivity index (χ0n) is 23.4. The van der Waals surface area contributed by atoms with Crippen LogP contribution in [0.2, 0.25) is 0 Å². The van der Waals surface area contributed by atoms with E-state index in [1.165, 1.54) is 17.8 Å². The van der Waals surface area contributed by atoms with Crippen LogP contribution in [0.3, 0.4) is 0 Å². The molecule has 3 N–H and O–H groups in total. The Labute approximate surface area is 241 Å². The number of aliphatic hydroxyl groups excluding tert-OH is 1. The quantitative estimate of drug-likeness (QED) is 0.214. The van der Waals surface area contributed by atoms with Crippen molar-refractivity contribution in [2.24, 2.45) is 0 Å². The fraction of sp³-hybridized carbons (Fsp3) is 0.520. The van der Waals surface area contributed by atoms with E-state index in [0.29, 0.717) is 17.2 Å². The van der Waals surface area contributed by atoms with Crippen molar-refractivity contribution in [1.82, 2.24) is 24.6 Å². The molecule has 4 rings (SSSR count). The SMILES string of the molecule is CNc1nc(C)nc2c1ncn2[C@@H]1O[C@](F)(CO[P@](=S)(N[C@H](C)C(=O)OC(C)C)Oc2ccccc2)[C@@H](O)[C@@]1(C)F. The van der Waals surface area contributed by atoms with Crippen molar-refractivity contribution in [2.45, 2.75) is 70.6 Å². The second kappa shape index (κ2) is 11.8. The Bertz CT molecular complexity index is 1450. The molecule has 0 amide bonds. The molecule has 1 aliphatic heterocycles. The van der Waals surface area contributed by atoms with Crippen LogP contribution < -0.4 is 14.9 Å². The van der Waals surface area contributed by atoms with E-state index in [2.05, 4.69) is 25.4 Å². The summed E-state index contributed by atoms with van der Waals surface area (Å²) in [5, 5.41) is 16.5. The van der Waals surface area contributed by atoms with Gasteiger partial charge in [0.2, 0.25) is 0 Å². The topological polar surface area (TPSA) is 142 Å². The Morgan fingerprint density at radius 2 is 1.95 bits per heavy atom. The van der Waals surface area contributed by atoms with Gasteiger partial charge in [0.25, 0.3) is 5.85 Å². The monoisotopic (exact) mass is 614 g/mol. The van der Waals surface area contributed by atoms with Gasteiger partial charge in [-0.2, -0.15) is 0 Å². The van der Waals surface area contributed by atoms with E-state index in [9.17, 15) is 9.90 Å². The van der Waals surface area contributed by atoms with E-state index in [1.54, 1.807) is 58.2 Å². The molecule has 0 bridgehead atoms. The van der Waals surface area contributed by atoms with Gasteiger partial charge in [-0.15, -0.1) is 0 Å². The number of hydrogen-bond acceptors (Lipinski definition) is 11. The number of halogens is 2. The van der Waals surface area contributed by atoms with E-state index in [-0.39, 0.29) is 11.4 Å². The molecule has 12 nitrogen and oxygen atoms in total. The van der Waals surface area contributed by atoms with Gasteiger partial charge < -0.3 is 28.9 Å². The van der Waals surface area contributed by atoms with Crippen LogP contribution in [-0.4, -0.2) is 74.0 Å². The summed E-state index contributed by atoms with van der Waals surface area (Å²) in [4.78, 5) is 25.2. The van der Waals surface area contributed by atoms with Gasteiger partial charge in [-0.25, -0.2) is 28.8 Å². The van der Waals surface area contributed by atoms with Gasteiger partial charge in [0, 0.05) is 7.05 Å². The highest BCUT2D eigenvalue weighted by molar-refractivity contribution is 8.09. The van der Waals surface area contributed by atoms with Crippen LogP contribution >= 0.6 is 6.64 Å². The fourth-order valence-corrected chi connectivity index (χ4v) is 6.64. The molecule has 3 heterocycles. The number of rotatable bonds is 11. The average Bonchev–Trinajstić information content (AvgIpc) is 3.39. The summed E-state index contributed by atoms with van der Waals surface area (Å²) in [7, 11) is 1.64. The number of nitrogens with one attached hydrogen (secondary N) is 2. The van der Waals surface area contributed by atoms with Crippen LogP contribution in [0.5, 0.6) is 5.75 Å². The number of hydrogen-bond donors (Lipinski definition) is 3. The van der Waals surface area contributed by atoms with E-state index in [1.807, 2.05) is 0 Å². The molecule has 1 aliphatic rings. The van der Waals surface area contributed by atoms with E-state index < -0.39 is 55.2 Å². The van der Waals surface area contributed by atoms with Crippen molar-refractivity contribution in [3.05, 3.63) is 42.5 Å². The Hall–Kier alpha value is -2.81. The van der Waals surface area contributed by atoms with E-state index in [4.69, 9.17) is 30.3 Å². The van der Waals surface area contributed by atoms with Gasteiger partial charge in [0.1, 0.15) is 24.2 Å². The van der Waals surface area contributed by atoms with Crippen LogP contribution in [0.1, 0.15) is 39.7 Å². The molecule has 41 heavy (non-hydrogen) atoms. The Kier molecular flexibility index (Phi) is 8.98.